The Hall–Kier alpha value is -4.68. The predicted octanol–water partition coefficient (Wildman–Crippen LogP) is 2.63. The number of aromatic amines is 1. The SMILES string of the molecule is CCn1c(CN(C=O)c2nc3cc[nH]c3nc2N)[n+](CC)c2ccc(C(=O)NCCCNC(=O)OC(C)(C)C)cc21. The van der Waals surface area contributed by atoms with Crippen LogP contribution in [0.3, 0.4) is 0 Å². The summed E-state index contributed by atoms with van der Waals surface area (Å²) in [5.74, 6) is 1.08. The molecule has 41 heavy (non-hydrogen) atoms. The highest BCUT2D eigenvalue weighted by Gasteiger charge is 2.28. The van der Waals surface area contributed by atoms with Crippen molar-refractivity contribution in [1.82, 2.24) is 30.2 Å². The number of ether oxygens (including phenoxy) is 1. The molecule has 3 amide bonds. The first-order valence-electron chi connectivity index (χ1n) is 13.7. The molecule has 0 fully saturated rings. The van der Waals surface area contributed by atoms with Gasteiger partial charge in [-0.25, -0.2) is 23.9 Å². The standard InChI is InChI=1S/C28H37N9O4/c1-6-36-20-10-9-18(26(39)31-12-8-13-32-27(40)41-28(3,4)5)15-21(20)37(7-2)22(36)16-35(17-38)25-23(29)34-24-19(33-25)11-14-30-24/h9-11,14-15,17H,6-8,12-13,16H2,1-5H3,(H4-,29,30,31,32,33,34,39,40)/p+1. The number of carbonyl (C=O) groups is 3. The molecule has 3 aromatic heterocycles. The lowest BCUT2D eigenvalue weighted by Gasteiger charge is -2.19. The molecule has 218 valence electrons. The van der Waals surface area contributed by atoms with Crippen molar-refractivity contribution in [3.05, 3.63) is 41.9 Å². The zero-order valence-corrected chi connectivity index (χ0v) is 24.2. The van der Waals surface area contributed by atoms with Gasteiger partial charge in [-0.15, -0.1) is 0 Å². The van der Waals surface area contributed by atoms with Gasteiger partial charge in [-0.3, -0.25) is 14.5 Å². The molecular weight excluding hydrogens is 526 g/mol. The molecule has 5 N–H and O–H groups in total. The summed E-state index contributed by atoms with van der Waals surface area (Å²) in [4.78, 5) is 50.3. The average Bonchev–Trinajstić information content (AvgIpc) is 3.50. The molecule has 0 atom stereocenters. The molecule has 0 aliphatic rings. The van der Waals surface area contributed by atoms with Crippen molar-refractivity contribution >= 4 is 52.2 Å². The Bertz CT molecular complexity index is 1570. The molecule has 3 heterocycles. The minimum Gasteiger partial charge on any atom is -0.444 e. The minimum atomic E-state index is -0.563. The van der Waals surface area contributed by atoms with Crippen molar-refractivity contribution in [3.63, 3.8) is 0 Å². The summed E-state index contributed by atoms with van der Waals surface area (Å²) < 4.78 is 9.40. The van der Waals surface area contributed by atoms with Crippen molar-refractivity contribution in [2.45, 2.75) is 66.3 Å². The van der Waals surface area contributed by atoms with Crippen molar-refractivity contribution in [1.29, 1.82) is 0 Å². The Morgan fingerprint density at radius 2 is 1.93 bits per heavy atom. The van der Waals surface area contributed by atoms with Gasteiger partial charge in [-0.1, -0.05) is 0 Å². The summed E-state index contributed by atoms with van der Waals surface area (Å²) in [5, 5.41) is 5.59. The van der Waals surface area contributed by atoms with Crippen LogP contribution in [0.5, 0.6) is 0 Å². The number of nitrogens with one attached hydrogen (secondary N) is 3. The molecular formula is C28H38N9O4+. The zero-order valence-electron chi connectivity index (χ0n) is 24.2. The Morgan fingerprint density at radius 3 is 2.61 bits per heavy atom. The minimum absolute atomic E-state index is 0.148. The van der Waals surface area contributed by atoms with E-state index in [-0.39, 0.29) is 24.1 Å². The quantitative estimate of drug-likeness (QED) is 0.124. The number of benzene rings is 1. The van der Waals surface area contributed by atoms with Crippen LogP contribution in [0, 0.1) is 0 Å². The molecule has 13 heteroatoms. The number of anilines is 2. The normalized spacial score (nSPS) is 11.5. The monoisotopic (exact) mass is 564 g/mol. The van der Waals surface area contributed by atoms with Crippen molar-refractivity contribution in [2.75, 3.05) is 23.7 Å². The van der Waals surface area contributed by atoms with E-state index in [4.69, 9.17) is 10.5 Å². The van der Waals surface area contributed by atoms with Gasteiger partial charge in [0.2, 0.25) is 6.41 Å². The fraction of sp³-hybridized carbons (Fsp3) is 0.429. The van der Waals surface area contributed by atoms with E-state index in [0.29, 0.717) is 55.7 Å². The Balaban J connectivity index is 1.51. The van der Waals surface area contributed by atoms with E-state index in [1.807, 2.05) is 26.0 Å². The smallest absolute Gasteiger partial charge is 0.407 e. The summed E-state index contributed by atoms with van der Waals surface area (Å²) >= 11 is 0. The number of carbonyl (C=O) groups excluding carboxylic acids is 3. The van der Waals surface area contributed by atoms with Crippen LogP contribution in [0.4, 0.5) is 16.4 Å². The summed E-state index contributed by atoms with van der Waals surface area (Å²) in [6.07, 6.45) is 2.49. The lowest BCUT2D eigenvalue weighted by molar-refractivity contribution is -0.676. The number of amides is 3. The number of H-pyrrole nitrogens is 1. The highest BCUT2D eigenvalue weighted by Crippen LogP contribution is 2.24. The summed E-state index contributed by atoms with van der Waals surface area (Å²) in [7, 11) is 0. The third kappa shape index (κ3) is 6.56. The average molecular weight is 565 g/mol. The fourth-order valence-corrected chi connectivity index (χ4v) is 4.71. The highest BCUT2D eigenvalue weighted by molar-refractivity contribution is 5.97. The van der Waals surface area contributed by atoms with E-state index in [1.54, 1.807) is 39.1 Å². The third-order valence-electron chi connectivity index (χ3n) is 6.48. The Labute approximate surface area is 238 Å². The molecule has 0 saturated heterocycles. The molecule has 0 bridgehead atoms. The van der Waals surface area contributed by atoms with E-state index in [0.717, 1.165) is 16.9 Å². The number of alkyl carbamates (subject to hydrolysis) is 1. The molecule has 0 aliphatic carbocycles. The second kappa shape index (κ2) is 12.2. The van der Waals surface area contributed by atoms with Crippen LogP contribution >= 0.6 is 0 Å². The maximum Gasteiger partial charge on any atom is 0.407 e. The second-order valence-electron chi connectivity index (χ2n) is 10.5. The van der Waals surface area contributed by atoms with Crippen LogP contribution in [-0.2, 0) is 29.2 Å². The molecule has 13 nitrogen and oxygen atoms in total. The van der Waals surface area contributed by atoms with Crippen LogP contribution in [0.25, 0.3) is 22.2 Å². The molecule has 0 saturated carbocycles. The van der Waals surface area contributed by atoms with Crippen molar-refractivity contribution < 1.29 is 23.7 Å². The number of nitrogens with two attached hydrogens (primary N) is 1. The van der Waals surface area contributed by atoms with Gasteiger partial charge in [0.15, 0.2) is 28.3 Å². The highest BCUT2D eigenvalue weighted by atomic mass is 16.6. The van der Waals surface area contributed by atoms with E-state index in [9.17, 15) is 14.4 Å². The molecule has 4 aromatic rings. The maximum absolute atomic E-state index is 12.9. The van der Waals surface area contributed by atoms with Crippen LogP contribution in [-0.4, -0.2) is 56.6 Å². The van der Waals surface area contributed by atoms with E-state index < -0.39 is 11.7 Å². The first-order chi connectivity index (χ1) is 19.6. The summed E-state index contributed by atoms with van der Waals surface area (Å²) in [5.41, 5.74) is 9.08. The first-order valence-corrected chi connectivity index (χ1v) is 13.7. The van der Waals surface area contributed by atoms with Gasteiger partial charge in [0.25, 0.3) is 11.7 Å². The summed E-state index contributed by atoms with van der Waals surface area (Å²) in [6.45, 7) is 11.7. The second-order valence-corrected chi connectivity index (χ2v) is 10.5. The largest absolute Gasteiger partial charge is 0.444 e. The van der Waals surface area contributed by atoms with Crippen LogP contribution in [0.15, 0.2) is 30.5 Å². The number of rotatable bonds is 11. The first kappa shape index (κ1) is 29.3. The van der Waals surface area contributed by atoms with Gasteiger partial charge in [-0.2, -0.15) is 0 Å². The predicted molar refractivity (Wildman–Crippen MR) is 155 cm³/mol. The third-order valence-corrected chi connectivity index (χ3v) is 6.48. The number of aryl methyl sites for hydroxylation is 2. The molecule has 0 radical (unpaired) electrons. The van der Waals surface area contributed by atoms with Crippen molar-refractivity contribution in [2.24, 2.45) is 0 Å². The van der Waals surface area contributed by atoms with Gasteiger partial charge < -0.3 is 26.1 Å². The van der Waals surface area contributed by atoms with E-state index in [1.165, 1.54) is 4.90 Å². The van der Waals surface area contributed by atoms with Gasteiger partial charge in [0.1, 0.15) is 17.7 Å². The van der Waals surface area contributed by atoms with Crippen LogP contribution in [0.2, 0.25) is 0 Å². The topological polar surface area (TPSA) is 164 Å². The number of aromatic nitrogens is 5. The number of nitrogen functional groups attached to an aromatic ring is 1. The number of hydrogen-bond donors (Lipinski definition) is 4. The van der Waals surface area contributed by atoms with Crippen molar-refractivity contribution in [3.8, 4) is 0 Å². The van der Waals surface area contributed by atoms with Crippen LogP contribution < -0.4 is 25.8 Å². The van der Waals surface area contributed by atoms with Gasteiger partial charge in [-0.05, 0) is 59.2 Å². The van der Waals surface area contributed by atoms with Crippen LogP contribution in [0.1, 0.15) is 57.2 Å². The molecule has 4 rings (SSSR count). The van der Waals surface area contributed by atoms with Gasteiger partial charge >= 0.3 is 6.09 Å². The molecule has 1 aromatic carbocycles. The lowest BCUT2D eigenvalue weighted by Crippen LogP contribution is -2.40. The Kier molecular flexibility index (Phi) is 8.74. The zero-order chi connectivity index (χ0) is 29.7. The number of nitrogens with zero attached hydrogens (tertiary/aromatic N) is 5. The fourth-order valence-electron chi connectivity index (χ4n) is 4.71. The molecule has 0 spiro atoms. The summed E-state index contributed by atoms with van der Waals surface area (Å²) in [6, 6.07) is 7.33. The van der Waals surface area contributed by atoms with E-state index in [2.05, 4.69) is 34.7 Å². The number of imidazole rings is 1. The molecule has 0 aliphatic heterocycles. The van der Waals surface area contributed by atoms with Gasteiger partial charge in [0.05, 0.1) is 13.1 Å². The number of hydrogen-bond acceptors (Lipinski definition) is 7. The Morgan fingerprint density at radius 1 is 1.17 bits per heavy atom. The van der Waals surface area contributed by atoms with E-state index >= 15 is 0 Å². The maximum atomic E-state index is 12.9. The lowest BCUT2D eigenvalue weighted by atomic mass is 10.2. The number of fused-ring (bicyclic) bond motifs is 2. The van der Waals surface area contributed by atoms with Gasteiger partial charge in [0, 0.05) is 30.9 Å². The molecule has 0 unspecified atom stereocenters.